The summed E-state index contributed by atoms with van der Waals surface area (Å²) in [6.45, 7) is 2.11. The van der Waals surface area contributed by atoms with Crippen molar-refractivity contribution in [2.75, 3.05) is 17.7 Å². The van der Waals surface area contributed by atoms with Crippen molar-refractivity contribution in [2.45, 2.75) is 13.5 Å². The third-order valence-electron chi connectivity index (χ3n) is 4.95. The molecule has 4 rings (SSSR count). The number of fused-ring (bicyclic) bond motifs is 3. The first-order chi connectivity index (χ1) is 15.9. The molecule has 170 valence electrons. The molecule has 1 amide bonds. The van der Waals surface area contributed by atoms with Crippen LogP contribution in [-0.2, 0) is 11.4 Å². The van der Waals surface area contributed by atoms with Crippen LogP contribution in [0.25, 0.3) is 11.3 Å². The van der Waals surface area contributed by atoms with E-state index in [1.807, 2.05) is 19.1 Å². The minimum atomic E-state index is -0.512. The maximum atomic E-state index is 13.1. The molecule has 0 radical (unpaired) electrons. The average Bonchev–Trinajstić information content (AvgIpc) is 3.20. The minimum absolute atomic E-state index is 0.110. The number of aromatic nitrogens is 2. The number of hydrogen-bond acceptors (Lipinski definition) is 9. The molecule has 1 aliphatic rings. The largest absolute Gasteiger partial charge is 0.486 e. The zero-order chi connectivity index (χ0) is 23.5. The van der Waals surface area contributed by atoms with Crippen LogP contribution < -0.4 is 32.2 Å². The topological polar surface area (TPSA) is 153 Å². The number of allylic oxidation sites excluding steroid dienone is 1. The zero-order valence-electron chi connectivity index (χ0n) is 17.9. The van der Waals surface area contributed by atoms with E-state index in [1.165, 1.54) is 25.3 Å². The summed E-state index contributed by atoms with van der Waals surface area (Å²) in [6.07, 6.45) is 2.49. The van der Waals surface area contributed by atoms with Crippen LogP contribution in [-0.4, -0.2) is 23.1 Å². The van der Waals surface area contributed by atoms with Gasteiger partial charge in [-0.15, -0.1) is 0 Å². The molecular formula is C22H22FN7O3. The zero-order valence-corrected chi connectivity index (χ0v) is 17.9. The van der Waals surface area contributed by atoms with Gasteiger partial charge in [-0.3, -0.25) is 4.79 Å². The lowest BCUT2D eigenvalue weighted by Gasteiger charge is -2.21. The SMILES string of the molecule is CNC(=O)/C(N)=C(/C=C(\N)Nc1ccc(F)cn1)Nc1cccc2c1OCc1c-2noc1C. The van der Waals surface area contributed by atoms with Crippen LogP contribution in [0.3, 0.4) is 0 Å². The van der Waals surface area contributed by atoms with E-state index >= 15 is 0 Å². The van der Waals surface area contributed by atoms with Crippen LogP contribution in [0.5, 0.6) is 5.75 Å². The van der Waals surface area contributed by atoms with Crippen molar-refractivity contribution in [1.29, 1.82) is 0 Å². The van der Waals surface area contributed by atoms with Crippen LogP contribution in [0.4, 0.5) is 15.9 Å². The molecule has 10 nitrogen and oxygen atoms in total. The van der Waals surface area contributed by atoms with Crippen LogP contribution in [0.2, 0.25) is 0 Å². The number of aryl methyl sites for hydroxylation is 1. The van der Waals surface area contributed by atoms with Gasteiger partial charge in [0.05, 0.1) is 23.1 Å². The number of anilines is 2. The third kappa shape index (κ3) is 4.42. The van der Waals surface area contributed by atoms with Crippen LogP contribution in [0.15, 0.2) is 64.3 Å². The van der Waals surface area contributed by atoms with Gasteiger partial charge in [-0.1, -0.05) is 11.2 Å². The number of pyridine rings is 1. The van der Waals surface area contributed by atoms with Crippen LogP contribution in [0, 0.1) is 12.7 Å². The number of likely N-dealkylation sites (N-methyl/N-ethyl adjacent to an activating group) is 1. The monoisotopic (exact) mass is 451 g/mol. The molecule has 0 unspecified atom stereocenters. The van der Waals surface area contributed by atoms with Gasteiger partial charge in [0.1, 0.15) is 41.2 Å². The molecule has 2 aromatic heterocycles. The summed E-state index contributed by atoms with van der Waals surface area (Å²) in [5.41, 5.74) is 15.1. The molecule has 33 heavy (non-hydrogen) atoms. The van der Waals surface area contributed by atoms with Gasteiger partial charge in [-0.25, -0.2) is 9.37 Å². The number of nitrogens with one attached hydrogen (secondary N) is 3. The molecule has 11 heteroatoms. The number of hydrogen-bond donors (Lipinski definition) is 5. The summed E-state index contributed by atoms with van der Waals surface area (Å²) in [4.78, 5) is 16.1. The first kappa shape index (κ1) is 21.7. The summed E-state index contributed by atoms with van der Waals surface area (Å²) >= 11 is 0. The van der Waals surface area contributed by atoms with E-state index in [0.717, 1.165) is 17.3 Å². The first-order valence-electron chi connectivity index (χ1n) is 9.93. The van der Waals surface area contributed by atoms with E-state index in [-0.39, 0.29) is 23.8 Å². The van der Waals surface area contributed by atoms with E-state index in [2.05, 4.69) is 26.1 Å². The number of rotatable bonds is 6. The lowest BCUT2D eigenvalue weighted by atomic mass is 10.0. The van der Waals surface area contributed by atoms with Gasteiger partial charge in [0, 0.05) is 18.7 Å². The van der Waals surface area contributed by atoms with Gasteiger partial charge in [-0.2, -0.15) is 0 Å². The highest BCUT2D eigenvalue weighted by molar-refractivity contribution is 5.94. The van der Waals surface area contributed by atoms with Crippen molar-refractivity contribution < 1.29 is 18.4 Å². The highest BCUT2D eigenvalue weighted by Crippen LogP contribution is 2.43. The van der Waals surface area contributed by atoms with E-state index in [9.17, 15) is 9.18 Å². The minimum Gasteiger partial charge on any atom is -0.486 e. The number of carbonyl (C=O) groups excluding carboxylic acids is 1. The Morgan fingerprint density at radius 1 is 1.21 bits per heavy atom. The predicted octanol–water partition coefficient (Wildman–Crippen LogP) is 2.32. The molecule has 0 spiro atoms. The first-order valence-corrected chi connectivity index (χ1v) is 9.93. The number of amides is 1. The van der Waals surface area contributed by atoms with Crippen molar-refractivity contribution in [3.63, 3.8) is 0 Å². The number of halogens is 1. The summed E-state index contributed by atoms with van der Waals surface area (Å²) in [6, 6.07) is 8.10. The van der Waals surface area contributed by atoms with E-state index in [1.54, 1.807) is 6.07 Å². The number of benzene rings is 1. The Hall–Kier alpha value is -4.54. The molecule has 0 bridgehead atoms. The quantitative estimate of drug-likeness (QED) is 0.281. The fourth-order valence-corrected chi connectivity index (χ4v) is 3.27. The van der Waals surface area contributed by atoms with Crippen LogP contribution in [0.1, 0.15) is 11.3 Å². The average molecular weight is 451 g/mol. The molecule has 0 saturated heterocycles. The van der Waals surface area contributed by atoms with Gasteiger partial charge >= 0.3 is 0 Å². The van der Waals surface area contributed by atoms with E-state index in [0.29, 0.717) is 28.7 Å². The summed E-state index contributed by atoms with van der Waals surface area (Å²) < 4.78 is 24.4. The van der Waals surface area contributed by atoms with Gasteiger partial charge in [0.25, 0.3) is 5.91 Å². The Labute approximate surface area is 188 Å². The van der Waals surface area contributed by atoms with Crippen molar-refractivity contribution in [1.82, 2.24) is 15.5 Å². The molecule has 1 aliphatic heterocycles. The molecule has 1 aromatic carbocycles. The van der Waals surface area contributed by atoms with Crippen LogP contribution >= 0.6 is 0 Å². The summed E-state index contributed by atoms with van der Waals surface area (Å²) in [7, 11) is 1.46. The van der Waals surface area contributed by atoms with Gasteiger partial charge in [0.15, 0.2) is 5.75 Å². The Morgan fingerprint density at radius 3 is 2.76 bits per heavy atom. The molecule has 0 fully saturated rings. The maximum absolute atomic E-state index is 13.1. The smallest absolute Gasteiger partial charge is 0.269 e. The molecule has 3 aromatic rings. The fourth-order valence-electron chi connectivity index (χ4n) is 3.27. The second-order valence-corrected chi connectivity index (χ2v) is 7.15. The molecular weight excluding hydrogens is 429 g/mol. The predicted molar refractivity (Wildman–Crippen MR) is 120 cm³/mol. The normalized spacial score (nSPS) is 13.2. The maximum Gasteiger partial charge on any atom is 0.269 e. The fraction of sp³-hybridized carbons (Fsp3) is 0.136. The number of nitrogens with zero attached hydrogens (tertiary/aromatic N) is 2. The van der Waals surface area contributed by atoms with E-state index in [4.69, 9.17) is 20.7 Å². The molecule has 0 aliphatic carbocycles. The molecule has 3 heterocycles. The lowest BCUT2D eigenvalue weighted by molar-refractivity contribution is -0.117. The van der Waals surface area contributed by atoms with E-state index < -0.39 is 11.7 Å². The van der Waals surface area contributed by atoms with Crippen molar-refractivity contribution in [2.24, 2.45) is 11.5 Å². The Balaban J connectivity index is 1.69. The van der Waals surface area contributed by atoms with Gasteiger partial charge < -0.3 is 36.7 Å². The lowest BCUT2D eigenvalue weighted by Crippen LogP contribution is -2.28. The number of para-hydroxylation sites is 1. The Kier molecular flexibility index (Phi) is 5.85. The number of carbonyl (C=O) groups is 1. The third-order valence-corrected chi connectivity index (χ3v) is 4.95. The molecule has 7 N–H and O–H groups in total. The Bertz CT molecular complexity index is 1270. The number of nitrogens with two attached hydrogens (primary N) is 2. The van der Waals surface area contributed by atoms with Crippen molar-refractivity contribution in [3.8, 4) is 17.0 Å². The van der Waals surface area contributed by atoms with Crippen molar-refractivity contribution in [3.05, 3.63) is 77.0 Å². The second-order valence-electron chi connectivity index (χ2n) is 7.15. The summed E-state index contributed by atoms with van der Waals surface area (Å²) in [5.74, 6) is 0.659. The van der Waals surface area contributed by atoms with Gasteiger partial charge in [0.2, 0.25) is 0 Å². The molecule has 0 saturated carbocycles. The standard InChI is InChI=1S/C22H22FN7O3/c1-11-14-10-32-21-13(20(14)30-33-11)4-3-5-15(21)28-16(19(25)22(31)26-2)8-17(24)29-18-7-6-12(23)9-27-18/h3-9,28H,10,24-25H2,1-2H3,(H,26,31)(H,27,29)/b17-8+,19-16+. The summed E-state index contributed by atoms with van der Waals surface area (Å²) in [5, 5.41) is 12.6. The highest BCUT2D eigenvalue weighted by Gasteiger charge is 2.26. The highest BCUT2D eigenvalue weighted by atomic mass is 19.1. The van der Waals surface area contributed by atoms with Crippen molar-refractivity contribution >= 4 is 17.4 Å². The van der Waals surface area contributed by atoms with Gasteiger partial charge in [-0.05, 0) is 31.2 Å². The second kappa shape index (κ2) is 8.91. The number of ether oxygens (including phenoxy) is 1. The Morgan fingerprint density at radius 2 is 2.03 bits per heavy atom. The molecule has 0 atom stereocenters.